The van der Waals surface area contributed by atoms with Gasteiger partial charge in [-0.3, -0.25) is 0 Å². The van der Waals surface area contributed by atoms with Gasteiger partial charge in [-0.1, -0.05) is 0 Å². The summed E-state index contributed by atoms with van der Waals surface area (Å²) in [6, 6.07) is 6.05. The summed E-state index contributed by atoms with van der Waals surface area (Å²) < 4.78 is 0. The van der Waals surface area contributed by atoms with E-state index in [1.54, 1.807) is 6.07 Å². The molecular formula is C15H21NO3. The van der Waals surface area contributed by atoms with Gasteiger partial charge in [-0.05, 0) is 56.4 Å². The molecule has 19 heavy (non-hydrogen) atoms. The summed E-state index contributed by atoms with van der Waals surface area (Å²) in [6.07, 6.45) is 4.37. The summed E-state index contributed by atoms with van der Waals surface area (Å²) in [5.41, 5.74) is 2.22. The van der Waals surface area contributed by atoms with Crippen molar-refractivity contribution in [2.45, 2.75) is 38.6 Å². The average molecular weight is 263 g/mol. The van der Waals surface area contributed by atoms with Crippen molar-refractivity contribution >= 4 is 11.7 Å². The predicted molar refractivity (Wildman–Crippen MR) is 74.8 cm³/mol. The van der Waals surface area contributed by atoms with E-state index in [4.69, 9.17) is 10.2 Å². The van der Waals surface area contributed by atoms with Crippen molar-refractivity contribution in [3.05, 3.63) is 29.3 Å². The third-order valence-corrected chi connectivity index (χ3v) is 3.84. The highest BCUT2D eigenvalue weighted by Gasteiger charge is 2.25. The molecular weight excluding hydrogens is 242 g/mol. The molecule has 1 saturated carbocycles. The molecule has 0 heterocycles. The fourth-order valence-corrected chi connectivity index (χ4v) is 2.53. The van der Waals surface area contributed by atoms with E-state index in [2.05, 4.69) is 4.90 Å². The van der Waals surface area contributed by atoms with E-state index in [1.165, 1.54) is 19.3 Å². The van der Waals surface area contributed by atoms with Crippen LogP contribution >= 0.6 is 0 Å². The normalized spacial score (nSPS) is 15.1. The van der Waals surface area contributed by atoms with Crippen molar-refractivity contribution < 1.29 is 15.0 Å². The topological polar surface area (TPSA) is 60.8 Å². The highest BCUT2D eigenvalue weighted by Crippen LogP contribution is 2.30. The molecule has 0 saturated heterocycles. The Labute approximate surface area is 113 Å². The van der Waals surface area contributed by atoms with Gasteiger partial charge in [0, 0.05) is 24.9 Å². The van der Waals surface area contributed by atoms with Gasteiger partial charge in [0.25, 0.3) is 0 Å². The minimum Gasteiger partial charge on any atom is -0.478 e. The monoisotopic (exact) mass is 263 g/mol. The summed E-state index contributed by atoms with van der Waals surface area (Å²) in [5.74, 6) is -0.880. The molecule has 4 heteroatoms. The van der Waals surface area contributed by atoms with E-state index in [1.807, 2.05) is 19.1 Å². The summed E-state index contributed by atoms with van der Waals surface area (Å²) in [5, 5.41) is 18.1. The third-order valence-electron chi connectivity index (χ3n) is 3.84. The van der Waals surface area contributed by atoms with E-state index < -0.39 is 5.97 Å². The van der Waals surface area contributed by atoms with Gasteiger partial charge in [-0.15, -0.1) is 0 Å². The first-order valence-electron chi connectivity index (χ1n) is 6.85. The zero-order chi connectivity index (χ0) is 13.8. The van der Waals surface area contributed by atoms with E-state index in [9.17, 15) is 4.79 Å². The lowest BCUT2D eigenvalue weighted by molar-refractivity contribution is 0.0696. The van der Waals surface area contributed by atoms with Crippen LogP contribution in [0.3, 0.4) is 0 Å². The van der Waals surface area contributed by atoms with Gasteiger partial charge in [0.1, 0.15) is 0 Å². The van der Waals surface area contributed by atoms with Crippen molar-refractivity contribution in [2.24, 2.45) is 0 Å². The maximum Gasteiger partial charge on any atom is 0.335 e. The Morgan fingerprint density at radius 3 is 2.63 bits per heavy atom. The van der Waals surface area contributed by atoms with Crippen LogP contribution in [0.25, 0.3) is 0 Å². The first-order valence-corrected chi connectivity index (χ1v) is 6.85. The van der Waals surface area contributed by atoms with Crippen molar-refractivity contribution in [3.8, 4) is 0 Å². The Kier molecular flexibility index (Phi) is 4.43. The zero-order valence-corrected chi connectivity index (χ0v) is 11.3. The second-order valence-electron chi connectivity index (χ2n) is 5.16. The lowest BCUT2D eigenvalue weighted by atomic mass is 9.90. The van der Waals surface area contributed by atoms with Crippen molar-refractivity contribution in [3.63, 3.8) is 0 Å². The minimum atomic E-state index is -0.880. The Morgan fingerprint density at radius 2 is 2.16 bits per heavy atom. The van der Waals surface area contributed by atoms with E-state index in [0.29, 0.717) is 11.6 Å². The summed E-state index contributed by atoms with van der Waals surface area (Å²) in [4.78, 5) is 13.3. The van der Waals surface area contributed by atoms with Crippen LogP contribution in [0, 0.1) is 6.92 Å². The van der Waals surface area contributed by atoms with Crippen LogP contribution in [0.4, 0.5) is 5.69 Å². The average Bonchev–Trinajstić information content (AvgIpc) is 2.31. The number of hydrogen-bond acceptors (Lipinski definition) is 3. The van der Waals surface area contributed by atoms with E-state index in [-0.39, 0.29) is 6.61 Å². The number of anilines is 1. The van der Waals surface area contributed by atoms with E-state index in [0.717, 1.165) is 24.2 Å². The van der Waals surface area contributed by atoms with Crippen LogP contribution in [0.1, 0.15) is 41.6 Å². The SMILES string of the molecule is Cc1cc(N(CCCO)C2CCC2)ccc1C(=O)O. The Bertz CT molecular complexity index is 455. The smallest absolute Gasteiger partial charge is 0.335 e. The zero-order valence-electron chi connectivity index (χ0n) is 11.3. The van der Waals surface area contributed by atoms with Crippen molar-refractivity contribution in [2.75, 3.05) is 18.1 Å². The number of aliphatic hydroxyl groups excluding tert-OH is 1. The third kappa shape index (κ3) is 3.07. The summed E-state index contributed by atoms with van der Waals surface area (Å²) in [7, 11) is 0. The molecule has 0 amide bonds. The molecule has 0 aliphatic heterocycles. The quantitative estimate of drug-likeness (QED) is 0.827. The second kappa shape index (κ2) is 6.06. The summed E-state index contributed by atoms with van der Waals surface area (Å²) in [6.45, 7) is 2.85. The number of carboxylic acid groups (broad SMARTS) is 1. The number of benzene rings is 1. The molecule has 1 aromatic carbocycles. The van der Waals surface area contributed by atoms with Crippen LogP contribution in [0.5, 0.6) is 0 Å². The molecule has 2 N–H and O–H groups in total. The first-order chi connectivity index (χ1) is 9.13. The molecule has 0 bridgehead atoms. The lowest BCUT2D eigenvalue weighted by Gasteiger charge is -2.39. The van der Waals surface area contributed by atoms with Crippen LogP contribution in [0.15, 0.2) is 18.2 Å². The second-order valence-corrected chi connectivity index (χ2v) is 5.16. The first kappa shape index (κ1) is 13.9. The van der Waals surface area contributed by atoms with Crippen LogP contribution in [0.2, 0.25) is 0 Å². The standard InChI is InChI=1S/C15H21NO3/c1-11-10-13(6-7-14(11)15(18)19)16(8-3-9-17)12-4-2-5-12/h6-7,10,12,17H,2-5,8-9H2,1H3,(H,18,19). The molecule has 4 nitrogen and oxygen atoms in total. The maximum absolute atomic E-state index is 11.0. The minimum absolute atomic E-state index is 0.190. The fraction of sp³-hybridized carbons (Fsp3) is 0.533. The number of carboxylic acids is 1. The predicted octanol–water partition coefficient (Wildman–Crippen LogP) is 2.43. The number of aromatic carboxylic acids is 1. The molecule has 1 fully saturated rings. The Hall–Kier alpha value is -1.55. The van der Waals surface area contributed by atoms with Gasteiger partial charge in [0.05, 0.1) is 5.56 Å². The number of nitrogens with zero attached hydrogens (tertiary/aromatic N) is 1. The number of carbonyl (C=O) groups is 1. The molecule has 2 rings (SSSR count). The van der Waals surface area contributed by atoms with Gasteiger partial charge in [0.15, 0.2) is 0 Å². The maximum atomic E-state index is 11.0. The molecule has 1 aromatic rings. The highest BCUT2D eigenvalue weighted by molar-refractivity contribution is 5.89. The van der Waals surface area contributed by atoms with Crippen LogP contribution in [-0.4, -0.2) is 35.4 Å². The molecule has 0 aromatic heterocycles. The molecule has 0 spiro atoms. The fourth-order valence-electron chi connectivity index (χ4n) is 2.53. The van der Waals surface area contributed by atoms with Crippen molar-refractivity contribution in [1.29, 1.82) is 0 Å². The number of hydrogen-bond donors (Lipinski definition) is 2. The lowest BCUT2D eigenvalue weighted by Crippen LogP contribution is -2.41. The molecule has 1 aliphatic rings. The molecule has 1 aliphatic carbocycles. The molecule has 0 radical (unpaired) electrons. The number of rotatable bonds is 6. The largest absolute Gasteiger partial charge is 0.478 e. The van der Waals surface area contributed by atoms with Gasteiger partial charge >= 0.3 is 5.97 Å². The van der Waals surface area contributed by atoms with Crippen LogP contribution in [-0.2, 0) is 0 Å². The number of aryl methyl sites for hydroxylation is 1. The Morgan fingerprint density at radius 1 is 1.42 bits per heavy atom. The molecule has 0 atom stereocenters. The van der Waals surface area contributed by atoms with Gasteiger partial charge in [0.2, 0.25) is 0 Å². The van der Waals surface area contributed by atoms with Gasteiger partial charge in [-0.2, -0.15) is 0 Å². The molecule has 0 unspecified atom stereocenters. The number of aliphatic hydroxyl groups is 1. The molecule has 104 valence electrons. The highest BCUT2D eigenvalue weighted by atomic mass is 16.4. The Balaban J connectivity index is 2.20. The van der Waals surface area contributed by atoms with Gasteiger partial charge < -0.3 is 15.1 Å². The van der Waals surface area contributed by atoms with E-state index >= 15 is 0 Å². The van der Waals surface area contributed by atoms with Crippen LogP contribution < -0.4 is 4.90 Å². The summed E-state index contributed by atoms with van der Waals surface area (Å²) >= 11 is 0. The van der Waals surface area contributed by atoms with Crippen molar-refractivity contribution in [1.82, 2.24) is 0 Å². The van der Waals surface area contributed by atoms with Gasteiger partial charge in [-0.25, -0.2) is 4.79 Å².